The number of methoxy groups -OCH3 is 1. The second-order valence-electron chi connectivity index (χ2n) is 4.79. The van der Waals surface area contributed by atoms with E-state index in [-0.39, 0.29) is 18.0 Å². The number of likely N-dealkylation sites (tertiary alicyclic amines) is 1. The van der Waals surface area contributed by atoms with Crippen molar-refractivity contribution in [3.8, 4) is 5.75 Å². The minimum absolute atomic E-state index is 0.0767. The van der Waals surface area contributed by atoms with Crippen LogP contribution in [0, 0.1) is 0 Å². The van der Waals surface area contributed by atoms with Crippen LogP contribution in [-0.2, 0) is 4.74 Å². The molecule has 6 nitrogen and oxygen atoms in total. The molecule has 0 unspecified atom stereocenters. The van der Waals surface area contributed by atoms with Crippen LogP contribution in [0.15, 0.2) is 10.8 Å². The Balaban J connectivity index is 1.83. The standard InChI is InChI=1S/C14H20N2O4S/c1-3-20-14(18)16-6-4-10(5-7-16)15-13(17)11-8-21-9-12(11)19-2/h8-10H,3-7H2,1-2H3,(H,15,17). The van der Waals surface area contributed by atoms with Gasteiger partial charge in [0.1, 0.15) is 5.75 Å². The number of ether oxygens (including phenoxy) is 2. The highest BCUT2D eigenvalue weighted by Crippen LogP contribution is 2.23. The zero-order valence-corrected chi connectivity index (χ0v) is 13.1. The summed E-state index contributed by atoms with van der Waals surface area (Å²) in [4.78, 5) is 25.5. The van der Waals surface area contributed by atoms with Crippen LogP contribution in [0.3, 0.4) is 0 Å². The van der Waals surface area contributed by atoms with Crippen LogP contribution >= 0.6 is 11.3 Å². The maximum absolute atomic E-state index is 12.2. The molecule has 1 aliphatic heterocycles. The van der Waals surface area contributed by atoms with Gasteiger partial charge in [-0.25, -0.2) is 4.79 Å². The van der Waals surface area contributed by atoms with E-state index in [2.05, 4.69) is 5.32 Å². The predicted molar refractivity (Wildman–Crippen MR) is 80.0 cm³/mol. The van der Waals surface area contributed by atoms with Crippen LogP contribution in [0.25, 0.3) is 0 Å². The van der Waals surface area contributed by atoms with Gasteiger partial charge >= 0.3 is 6.09 Å². The third-order valence-electron chi connectivity index (χ3n) is 3.45. The van der Waals surface area contributed by atoms with E-state index in [1.807, 2.05) is 0 Å². The van der Waals surface area contributed by atoms with Gasteiger partial charge in [-0.3, -0.25) is 4.79 Å². The van der Waals surface area contributed by atoms with Crippen LogP contribution in [0.1, 0.15) is 30.1 Å². The number of rotatable bonds is 4. The SMILES string of the molecule is CCOC(=O)N1CCC(NC(=O)c2cscc2OC)CC1. The fourth-order valence-electron chi connectivity index (χ4n) is 2.29. The summed E-state index contributed by atoms with van der Waals surface area (Å²) >= 11 is 1.44. The zero-order chi connectivity index (χ0) is 15.2. The van der Waals surface area contributed by atoms with Crippen molar-refractivity contribution in [1.29, 1.82) is 0 Å². The van der Waals surface area contributed by atoms with Gasteiger partial charge in [-0.2, -0.15) is 0 Å². The second-order valence-corrected chi connectivity index (χ2v) is 5.53. The molecule has 0 saturated carbocycles. The molecular weight excluding hydrogens is 292 g/mol. The maximum atomic E-state index is 12.2. The number of amides is 2. The molecule has 1 aromatic heterocycles. The first-order valence-electron chi connectivity index (χ1n) is 6.98. The summed E-state index contributed by atoms with van der Waals surface area (Å²) in [6, 6.07) is 0.0767. The molecule has 0 bridgehead atoms. The number of nitrogens with zero attached hydrogens (tertiary/aromatic N) is 1. The molecule has 2 heterocycles. The summed E-state index contributed by atoms with van der Waals surface area (Å²) in [6.45, 7) is 3.38. The molecular formula is C14H20N2O4S. The largest absolute Gasteiger partial charge is 0.495 e. The molecule has 0 radical (unpaired) electrons. The molecule has 0 aromatic carbocycles. The Morgan fingerprint density at radius 3 is 2.71 bits per heavy atom. The Labute approximate surface area is 128 Å². The third kappa shape index (κ3) is 3.87. The van der Waals surface area contributed by atoms with Crippen molar-refractivity contribution in [2.24, 2.45) is 0 Å². The van der Waals surface area contributed by atoms with E-state index in [9.17, 15) is 9.59 Å². The molecule has 1 N–H and O–H groups in total. The molecule has 0 spiro atoms. The Hall–Kier alpha value is -1.76. The van der Waals surface area contributed by atoms with Gasteiger partial charge in [-0.1, -0.05) is 0 Å². The lowest BCUT2D eigenvalue weighted by atomic mass is 10.1. The highest BCUT2D eigenvalue weighted by molar-refractivity contribution is 7.08. The fourth-order valence-corrected chi connectivity index (χ4v) is 3.07. The lowest BCUT2D eigenvalue weighted by Crippen LogP contribution is -2.46. The number of thiophene rings is 1. The Morgan fingerprint density at radius 1 is 1.38 bits per heavy atom. The summed E-state index contributed by atoms with van der Waals surface area (Å²) in [5, 5.41) is 6.58. The van der Waals surface area contributed by atoms with Crippen molar-refractivity contribution in [2.45, 2.75) is 25.8 Å². The van der Waals surface area contributed by atoms with E-state index >= 15 is 0 Å². The van der Waals surface area contributed by atoms with Gasteiger partial charge in [0.15, 0.2) is 0 Å². The van der Waals surface area contributed by atoms with Crippen LogP contribution in [0.2, 0.25) is 0 Å². The monoisotopic (exact) mass is 312 g/mol. The van der Waals surface area contributed by atoms with Gasteiger partial charge in [0.25, 0.3) is 5.91 Å². The lowest BCUT2D eigenvalue weighted by molar-refractivity contribution is 0.0858. The average Bonchev–Trinajstić information content (AvgIpc) is 2.97. The van der Waals surface area contributed by atoms with Crippen molar-refractivity contribution >= 4 is 23.3 Å². The number of piperidine rings is 1. The normalized spacial score (nSPS) is 15.6. The Bertz CT molecular complexity index is 495. The fraction of sp³-hybridized carbons (Fsp3) is 0.571. The quantitative estimate of drug-likeness (QED) is 0.924. The van der Waals surface area contributed by atoms with E-state index < -0.39 is 0 Å². The number of carbonyl (C=O) groups is 2. The number of carbonyl (C=O) groups excluding carboxylic acids is 2. The average molecular weight is 312 g/mol. The van der Waals surface area contributed by atoms with Crippen molar-refractivity contribution in [1.82, 2.24) is 10.2 Å². The van der Waals surface area contributed by atoms with Crippen molar-refractivity contribution < 1.29 is 19.1 Å². The summed E-state index contributed by atoms with van der Waals surface area (Å²) in [5.74, 6) is 0.476. The molecule has 7 heteroatoms. The topological polar surface area (TPSA) is 67.9 Å². The van der Waals surface area contributed by atoms with E-state index in [1.54, 1.807) is 29.7 Å². The summed E-state index contributed by atoms with van der Waals surface area (Å²) in [7, 11) is 1.55. The van der Waals surface area contributed by atoms with Gasteiger partial charge in [0.2, 0.25) is 0 Å². The van der Waals surface area contributed by atoms with Gasteiger partial charge in [0.05, 0.1) is 19.3 Å². The first kappa shape index (κ1) is 15.6. The molecule has 2 rings (SSSR count). The molecule has 0 atom stereocenters. The summed E-state index contributed by atoms with van der Waals surface area (Å²) in [6.07, 6.45) is 1.19. The van der Waals surface area contributed by atoms with Crippen molar-refractivity contribution in [2.75, 3.05) is 26.8 Å². The first-order chi connectivity index (χ1) is 10.2. The number of nitrogens with one attached hydrogen (secondary N) is 1. The van der Waals surface area contributed by atoms with Crippen molar-refractivity contribution in [3.05, 3.63) is 16.3 Å². The molecule has 21 heavy (non-hydrogen) atoms. The maximum Gasteiger partial charge on any atom is 0.409 e. The van der Waals surface area contributed by atoms with Gasteiger partial charge in [-0.15, -0.1) is 11.3 Å². The molecule has 1 fully saturated rings. The van der Waals surface area contributed by atoms with Crippen molar-refractivity contribution in [3.63, 3.8) is 0 Å². The van der Waals surface area contributed by atoms with E-state index in [4.69, 9.17) is 9.47 Å². The Morgan fingerprint density at radius 2 is 2.10 bits per heavy atom. The molecule has 0 aliphatic carbocycles. The molecule has 1 aliphatic rings. The van der Waals surface area contributed by atoms with E-state index in [0.29, 0.717) is 31.0 Å². The highest BCUT2D eigenvalue weighted by Gasteiger charge is 2.25. The predicted octanol–water partition coefficient (Wildman–Crippen LogP) is 2.11. The van der Waals surface area contributed by atoms with E-state index in [1.165, 1.54) is 11.3 Å². The van der Waals surface area contributed by atoms with Gasteiger partial charge in [0, 0.05) is 29.9 Å². The molecule has 1 saturated heterocycles. The number of hydrogen-bond donors (Lipinski definition) is 1. The van der Waals surface area contributed by atoms with Crippen LogP contribution in [0.4, 0.5) is 4.79 Å². The molecule has 1 aromatic rings. The second kappa shape index (κ2) is 7.31. The molecule has 2 amide bonds. The minimum atomic E-state index is -0.276. The Kier molecular flexibility index (Phi) is 5.44. The summed E-state index contributed by atoms with van der Waals surface area (Å²) < 4.78 is 10.1. The minimum Gasteiger partial charge on any atom is -0.495 e. The third-order valence-corrected chi connectivity index (χ3v) is 4.17. The highest BCUT2D eigenvalue weighted by atomic mass is 32.1. The van der Waals surface area contributed by atoms with Gasteiger partial charge < -0.3 is 19.7 Å². The lowest BCUT2D eigenvalue weighted by Gasteiger charge is -2.31. The van der Waals surface area contributed by atoms with Crippen LogP contribution < -0.4 is 10.1 Å². The zero-order valence-electron chi connectivity index (χ0n) is 12.3. The van der Waals surface area contributed by atoms with Gasteiger partial charge in [-0.05, 0) is 19.8 Å². The molecule has 116 valence electrons. The summed E-state index contributed by atoms with van der Waals surface area (Å²) in [5.41, 5.74) is 0.565. The number of hydrogen-bond acceptors (Lipinski definition) is 5. The van der Waals surface area contributed by atoms with E-state index in [0.717, 1.165) is 12.8 Å². The van der Waals surface area contributed by atoms with Crippen LogP contribution in [0.5, 0.6) is 5.75 Å². The van der Waals surface area contributed by atoms with Crippen LogP contribution in [-0.4, -0.2) is 49.7 Å². The first-order valence-corrected chi connectivity index (χ1v) is 7.92. The smallest absolute Gasteiger partial charge is 0.409 e.